The number of anilines is 1. The standard InChI is InChI=1S/C18H26N4O3S.C5H12N2/c23-18(21-26(24,25)19-8-11-22-9-3-10-22)20-17-15-6-1-4-13(15)12-14-5-2-7-16(14)17;6-2-5-7-3-1-4-7/h12,19H,1-11H2,(H2,20,21,23);1-6H2. The predicted octanol–water partition coefficient (Wildman–Crippen LogP) is 0.976. The summed E-state index contributed by atoms with van der Waals surface area (Å²) in [6.45, 7) is 7.47. The lowest BCUT2D eigenvalue weighted by atomic mass is 9.99. The van der Waals surface area contributed by atoms with Crippen LogP contribution in [0, 0.1) is 0 Å². The van der Waals surface area contributed by atoms with Gasteiger partial charge in [-0.2, -0.15) is 13.1 Å². The van der Waals surface area contributed by atoms with E-state index in [1.807, 2.05) is 0 Å². The minimum atomic E-state index is -3.85. The Morgan fingerprint density at radius 1 is 0.879 bits per heavy atom. The summed E-state index contributed by atoms with van der Waals surface area (Å²) in [7, 11) is -3.85. The van der Waals surface area contributed by atoms with Crippen molar-refractivity contribution < 1.29 is 13.2 Å². The van der Waals surface area contributed by atoms with E-state index in [9.17, 15) is 13.2 Å². The Morgan fingerprint density at radius 2 is 1.45 bits per heavy atom. The van der Waals surface area contributed by atoms with Gasteiger partial charge in [-0.05, 0) is 99.8 Å². The second-order valence-corrected chi connectivity index (χ2v) is 10.9. The second-order valence-electron chi connectivity index (χ2n) is 9.37. The van der Waals surface area contributed by atoms with Gasteiger partial charge in [0.05, 0.1) is 0 Å². The highest BCUT2D eigenvalue weighted by Crippen LogP contribution is 2.38. The number of urea groups is 1. The molecular weight excluding hydrogens is 440 g/mol. The molecule has 10 heteroatoms. The first kappa shape index (κ1) is 24.4. The quantitative estimate of drug-likeness (QED) is 0.442. The van der Waals surface area contributed by atoms with Crippen LogP contribution >= 0.6 is 0 Å². The van der Waals surface area contributed by atoms with E-state index in [2.05, 4.69) is 30.6 Å². The van der Waals surface area contributed by atoms with Crippen LogP contribution in [0.2, 0.25) is 0 Å². The van der Waals surface area contributed by atoms with Crippen molar-refractivity contribution in [3.63, 3.8) is 0 Å². The van der Waals surface area contributed by atoms with Crippen LogP contribution in [-0.4, -0.2) is 76.6 Å². The molecule has 0 aromatic heterocycles. The van der Waals surface area contributed by atoms with Crippen LogP contribution in [0.1, 0.15) is 47.9 Å². The molecule has 2 aliphatic heterocycles. The van der Waals surface area contributed by atoms with Crippen LogP contribution < -0.4 is 20.5 Å². The molecular formula is C23H38N6O3S. The normalized spacial score (nSPS) is 19.5. The maximum atomic E-state index is 12.3. The minimum absolute atomic E-state index is 0.304. The number of amides is 2. The summed E-state index contributed by atoms with van der Waals surface area (Å²) in [6.07, 6.45) is 8.68. The summed E-state index contributed by atoms with van der Waals surface area (Å²) in [5.41, 5.74) is 11.1. The lowest BCUT2D eigenvalue weighted by Gasteiger charge is -2.30. The van der Waals surface area contributed by atoms with Crippen LogP contribution in [0.25, 0.3) is 0 Å². The molecule has 0 atom stereocenters. The van der Waals surface area contributed by atoms with Crippen molar-refractivity contribution in [2.75, 3.05) is 57.7 Å². The Hall–Kier alpha value is -1.72. The number of nitrogens with two attached hydrogens (primary N) is 1. The third kappa shape index (κ3) is 6.45. The monoisotopic (exact) mass is 478 g/mol. The SMILES string of the molecule is NCCN1CCC1.O=C(Nc1c2c(cc3c1CCC3)CCC2)NS(=O)(=O)NCCN1CCC1. The largest absolute Gasteiger partial charge is 0.333 e. The van der Waals surface area contributed by atoms with Crippen molar-refractivity contribution in [2.24, 2.45) is 5.73 Å². The molecule has 9 nitrogen and oxygen atoms in total. The Balaban J connectivity index is 0.000000318. The molecule has 5 N–H and O–H groups in total. The van der Waals surface area contributed by atoms with Gasteiger partial charge in [-0.3, -0.25) is 0 Å². The Bertz CT molecular complexity index is 912. The summed E-state index contributed by atoms with van der Waals surface area (Å²) in [6, 6.07) is 1.60. The number of likely N-dealkylation sites (tertiary alicyclic amines) is 2. The van der Waals surface area contributed by atoms with Gasteiger partial charge in [-0.15, -0.1) is 0 Å². The van der Waals surface area contributed by atoms with E-state index in [0.29, 0.717) is 13.1 Å². The zero-order chi connectivity index (χ0) is 23.3. The van der Waals surface area contributed by atoms with Gasteiger partial charge in [0.1, 0.15) is 0 Å². The fourth-order valence-electron chi connectivity index (χ4n) is 5.00. The van der Waals surface area contributed by atoms with Gasteiger partial charge in [0.2, 0.25) is 0 Å². The number of carbonyl (C=O) groups is 1. The molecule has 2 saturated heterocycles. The molecule has 2 fully saturated rings. The topological polar surface area (TPSA) is 120 Å². The van der Waals surface area contributed by atoms with Gasteiger partial charge < -0.3 is 20.9 Å². The van der Waals surface area contributed by atoms with Crippen LogP contribution in [0.15, 0.2) is 6.07 Å². The van der Waals surface area contributed by atoms with Gasteiger partial charge in [0, 0.05) is 31.9 Å². The lowest BCUT2D eigenvalue weighted by molar-refractivity contribution is 0.185. The fourth-order valence-corrected chi connectivity index (χ4v) is 5.72. The molecule has 0 bridgehead atoms. The summed E-state index contributed by atoms with van der Waals surface area (Å²) < 4.78 is 28.7. The molecule has 0 saturated carbocycles. The fraction of sp³-hybridized carbons (Fsp3) is 0.696. The van der Waals surface area contributed by atoms with E-state index in [-0.39, 0.29) is 0 Å². The first-order valence-corrected chi connectivity index (χ1v) is 13.8. The summed E-state index contributed by atoms with van der Waals surface area (Å²) in [4.78, 5) is 16.9. The van der Waals surface area contributed by atoms with Gasteiger partial charge in [-0.1, -0.05) is 6.07 Å². The first-order valence-electron chi connectivity index (χ1n) is 12.3. The highest BCUT2D eigenvalue weighted by molar-refractivity contribution is 7.88. The number of hydrogen-bond donors (Lipinski definition) is 4. The molecule has 2 aliphatic carbocycles. The molecule has 0 spiro atoms. The van der Waals surface area contributed by atoms with E-state index in [1.54, 1.807) is 0 Å². The summed E-state index contributed by atoms with van der Waals surface area (Å²) in [5.74, 6) is 0. The number of nitrogens with one attached hydrogen (secondary N) is 3. The molecule has 5 rings (SSSR count). The summed E-state index contributed by atoms with van der Waals surface area (Å²) in [5, 5.41) is 2.84. The molecule has 0 radical (unpaired) electrons. The number of carbonyl (C=O) groups excluding carboxylic acids is 1. The molecule has 1 aromatic carbocycles. The average molecular weight is 479 g/mol. The first-order chi connectivity index (χ1) is 15.9. The molecule has 184 valence electrons. The summed E-state index contributed by atoms with van der Waals surface area (Å²) >= 11 is 0. The van der Waals surface area contributed by atoms with E-state index < -0.39 is 16.2 Å². The maximum absolute atomic E-state index is 12.3. The van der Waals surface area contributed by atoms with Gasteiger partial charge in [0.25, 0.3) is 0 Å². The Kier molecular flexibility index (Phi) is 8.24. The van der Waals surface area contributed by atoms with E-state index in [4.69, 9.17) is 5.73 Å². The second kappa shape index (κ2) is 11.1. The van der Waals surface area contributed by atoms with Crippen LogP contribution in [0.5, 0.6) is 0 Å². The van der Waals surface area contributed by atoms with E-state index in [1.165, 1.54) is 48.2 Å². The van der Waals surface area contributed by atoms with Crippen molar-refractivity contribution in [2.45, 2.75) is 51.4 Å². The average Bonchev–Trinajstić information content (AvgIpc) is 3.36. The Labute approximate surface area is 197 Å². The van der Waals surface area contributed by atoms with Crippen LogP contribution in [-0.2, 0) is 35.9 Å². The zero-order valence-corrected chi connectivity index (χ0v) is 20.3. The molecule has 33 heavy (non-hydrogen) atoms. The van der Waals surface area contributed by atoms with Gasteiger partial charge in [0.15, 0.2) is 0 Å². The van der Waals surface area contributed by atoms with Crippen molar-refractivity contribution in [1.82, 2.24) is 19.2 Å². The van der Waals surface area contributed by atoms with Crippen molar-refractivity contribution in [1.29, 1.82) is 0 Å². The van der Waals surface area contributed by atoms with Crippen molar-refractivity contribution in [3.8, 4) is 0 Å². The highest BCUT2D eigenvalue weighted by atomic mass is 32.2. The Morgan fingerprint density at radius 3 is 1.94 bits per heavy atom. The number of benzene rings is 1. The third-order valence-electron chi connectivity index (χ3n) is 7.00. The van der Waals surface area contributed by atoms with Crippen LogP contribution in [0.3, 0.4) is 0 Å². The van der Waals surface area contributed by atoms with E-state index in [0.717, 1.165) is 70.4 Å². The maximum Gasteiger partial charge on any atom is 0.333 e. The van der Waals surface area contributed by atoms with Gasteiger partial charge >= 0.3 is 16.2 Å². The predicted molar refractivity (Wildman–Crippen MR) is 131 cm³/mol. The number of fused-ring (bicyclic) bond motifs is 2. The molecule has 2 amide bonds. The number of aryl methyl sites for hydroxylation is 2. The van der Waals surface area contributed by atoms with Crippen LogP contribution in [0.4, 0.5) is 10.5 Å². The molecule has 0 unspecified atom stereocenters. The van der Waals surface area contributed by atoms with Crippen molar-refractivity contribution >= 4 is 21.9 Å². The highest BCUT2D eigenvalue weighted by Gasteiger charge is 2.26. The number of rotatable bonds is 8. The van der Waals surface area contributed by atoms with Crippen molar-refractivity contribution in [3.05, 3.63) is 28.3 Å². The van der Waals surface area contributed by atoms with Gasteiger partial charge in [-0.25, -0.2) is 9.52 Å². The zero-order valence-electron chi connectivity index (χ0n) is 19.5. The molecule has 2 heterocycles. The van der Waals surface area contributed by atoms with E-state index >= 15 is 0 Å². The molecule has 1 aromatic rings. The third-order valence-corrected chi connectivity index (χ3v) is 8.04. The minimum Gasteiger partial charge on any atom is -0.329 e. The lowest BCUT2D eigenvalue weighted by Crippen LogP contribution is -2.47. The number of nitrogens with zero attached hydrogens (tertiary/aromatic N) is 2. The number of hydrogen-bond acceptors (Lipinski definition) is 6. The smallest absolute Gasteiger partial charge is 0.329 e. The molecule has 4 aliphatic rings.